The number of carbonyl (C=O) groups is 1. The maximum Gasteiger partial charge on any atom is 0.321 e. The zero-order chi connectivity index (χ0) is 14.6. The van der Waals surface area contributed by atoms with E-state index < -0.39 is 6.03 Å². The normalized spacial score (nSPS) is 10.8. The number of carbonyl (C=O) groups excluding carboxylic acids is 1. The first kappa shape index (κ1) is 15.6. The maximum absolute atomic E-state index is 11.5. The number of anilines is 1. The third-order valence-electron chi connectivity index (χ3n) is 1.86. The summed E-state index contributed by atoms with van der Waals surface area (Å²) < 4.78 is 0. The highest BCUT2D eigenvalue weighted by Crippen LogP contribution is 2.22. The Hall–Kier alpha value is -1.46. The summed E-state index contributed by atoms with van der Waals surface area (Å²) in [4.78, 5) is 11.5. The van der Waals surface area contributed by atoms with Crippen molar-refractivity contribution in [2.45, 2.75) is 26.3 Å². The molecule has 1 aromatic carbocycles. The lowest BCUT2D eigenvalue weighted by molar-refractivity contribution is 0.236. The highest BCUT2D eigenvalue weighted by Gasteiger charge is 2.14. The van der Waals surface area contributed by atoms with Crippen LogP contribution in [0, 0.1) is 5.41 Å². The van der Waals surface area contributed by atoms with Crippen LogP contribution < -0.4 is 16.0 Å². The van der Waals surface area contributed by atoms with Crippen molar-refractivity contribution in [3.8, 4) is 0 Å². The largest absolute Gasteiger partial charge is 0.333 e. The fraction of sp³-hybridized carbons (Fsp3) is 0.333. The van der Waals surface area contributed by atoms with Crippen LogP contribution in [-0.2, 0) is 0 Å². The average Bonchev–Trinajstić information content (AvgIpc) is 2.10. The Kier molecular flexibility index (Phi) is 5.03. The number of nitrogens with one attached hydrogen (secondary N) is 4. The Morgan fingerprint density at radius 3 is 2.16 bits per heavy atom. The van der Waals surface area contributed by atoms with Gasteiger partial charge in [0.2, 0.25) is 5.96 Å². The van der Waals surface area contributed by atoms with Crippen LogP contribution in [0.2, 0.25) is 10.0 Å². The Morgan fingerprint density at radius 2 is 1.68 bits per heavy atom. The summed E-state index contributed by atoms with van der Waals surface area (Å²) >= 11 is 11.7. The first-order chi connectivity index (χ1) is 8.65. The van der Waals surface area contributed by atoms with Crippen molar-refractivity contribution in [2.75, 3.05) is 5.32 Å². The van der Waals surface area contributed by atoms with Crippen molar-refractivity contribution in [1.29, 1.82) is 5.41 Å². The van der Waals surface area contributed by atoms with Gasteiger partial charge >= 0.3 is 6.03 Å². The Bertz CT molecular complexity index is 477. The average molecular weight is 303 g/mol. The molecule has 0 saturated carbocycles. The number of hydrogen-bond acceptors (Lipinski definition) is 2. The minimum atomic E-state index is -0.460. The molecule has 1 rings (SSSR count). The summed E-state index contributed by atoms with van der Waals surface area (Å²) in [6.07, 6.45) is 0. The van der Waals surface area contributed by atoms with Crippen LogP contribution in [0.5, 0.6) is 0 Å². The highest BCUT2D eigenvalue weighted by molar-refractivity contribution is 6.35. The van der Waals surface area contributed by atoms with Gasteiger partial charge in [-0.1, -0.05) is 23.2 Å². The molecule has 0 aliphatic carbocycles. The van der Waals surface area contributed by atoms with E-state index in [0.717, 1.165) is 0 Å². The molecule has 4 N–H and O–H groups in total. The molecule has 0 spiro atoms. The van der Waals surface area contributed by atoms with Gasteiger partial charge in [0.15, 0.2) is 0 Å². The van der Waals surface area contributed by atoms with Crippen molar-refractivity contribution < 1.29 is 4.79 Å². The smallest absolute Gasteiger partial charge is 0.321 e. The van der Waals surface area contributed by atoms with Crippen molar-refractivity contribution in [2.24, 2.45) is 0 Å². The van der Waals surface area contributed by atoms with Gasteiger partial charge in [-0.25, -0.2) is 4.79 Å². The summed E-state index contributed by atoms with van der Waals surface area (Å²) in [5.74, 6) is -0.167. The first-order valence-corrected chi connectivity index (χ1v) is 6.32. The van der Waals surface area contributed by atoms with Crippen LogP contribution in [0.25, 0.3) is 0 Å². The van der Waals surface area contributed by atoms with Crippen molar-refractivity contribution in [3.05, 3.63) is 28.2 Å². The first-order valence-electron chi connectivity index (χ1n) is 5.56. The van der Waals surface area contributed by atoms with E-state index >= 15 is 0 Å². The Balaban J connectivity index is 2.58. The molecular formula is C12H16Cl2N4O. The lowest BCUT2D eigenvalue weighted by atomic mass is 10.1. The van der Waals surface area contributed by atoms with Crippen molar-refractivity contribution in [1.82, 2.24) is 10.6 Å². The van der Waals surface area contributed by atoms with Gasteiger partial charge in [0, 0.05) is 21.3 Å². The summed E-state index contributed by atoms with van der Waals surface area (Å²) in [6, 6.07) is 4.33. The number of hydrogen-bond donors (Lipinski definition) is 4. The third-order valence-corrected chi connectivity index (χ3v) is 2.30. The zero-order valence-corrected chi connectivity index (χ0v) is 12.4. The predicted molar refractivity (Wildman–Crippen MR) is 79.2 cm³/mol. The van der Waals surface area contributed by atoms with Crippen LogP contribution in [0.4, 0.5) is 10.5 Å². The monoisotopic (exact) mass is 302 g/mol. The number of amides is 2. The second-order valence-corrected chi connectivity index (χ2v) is 5.86. The molecule has 104 valence electrons. The van der Waals surface area contributed by atoms with Crippen LogP contribution >= 0.6 is 23.2 Å². The Morgan fingerprint density at radius 1 is 1.16 bits per heavy atom. The standard InChI is InChI=1S/C12H16Cl2N4O/c1-12(2,3)18-11(19)17-10(15)16-9-5-7(13)4-8(14)6-9/h4-6H,1-3H3,(H4,15,16,17,18,19). The molecular weight excluding hydrogens is 287 g/mol. The molecule has 0 fully saturated rings. The summed E-state index contributed by atoms with van der Waals surface area (Å²) in [6.45, 7) is 5.54. The molecule has 7 heteroatoms. The minimum absolute atomic E-state index is 0.167. The lowest BCUT2D eigenvalue weighted by Gasteiger charge is -2.21. The molecule has 5 nitrogen and oxygen atoms in total. The summed E-state index contributed by atoms with van der Waals surface area (Å²) in [5.41, 5.74) is 0.155. The van der Waals surface area contributed by atoms with Gasteiger partial charge in [-0.3, -0.25) is 10.7 Å². The SMILES string of the molecule is CC(C)(C)NC(=O)NC(=N)Nc1cc(Cl)cc(Cl)c1. The molecule has 1 aromatic rings. The van der Waals surface area contributed by atoms with Crippen LogP contribution in [-0.4, -0.2) is 17.5 Å². The second kappa shape index (κ2) is 6.12. The molecule has 0 radical (unpaired) electrons. The van der Waals surface area contributed by atoms with E-state index in [9.17, 15) is 4.79 Å². The minimum Gasteiger partial charge on any atom is -0.333 e. The maximum atomic E-state index is 11.5. The number of halogens is 2. The molecule has 0 atom stereocenters. The molecule has 0 bridgehead atoms. The van der Waals surface area contributed by atoms with Gasteiger partial charge in [-0.2, -0.15) is 0 Å². The molecule has 2 amide bonds. The molecule has 19 heavy (non-hydrogen) atoms. The van der Waals surface area contributed by atoms with E-state index in [-0.39, 0.29) is 11.5 Å². The quantitative estimate of drug-likeness (QED) is 0.474. The number of urea groups is 1. The number of benzene rings is 1. The molecule has 0 heterocycles. The zero-order valence-electron chi connectivity index (χ0n) is 10.9. The van der Waals surface area contributed by atoms with E-state index in [4.69, 9.17) is 28.6 Å². The lowest BCUT2D eigenvalue weighted by Crippen LogP contribution is -2.49. The van der Waals surface area contributed by atoms with Gasteiger partial charge in [0.05, 0.1) is 0 Å². The van der Waals surface area contributed by atoms with Crippen molar-refractivity contribution in [3.63, 3.8) is 0 Å². The van der Waals surface area contributed by atoms with Crippen LogP contribution in [0.1, 0.15) is 20.8 Å². The van der Waals surface area contributed by atoms with E-state index in [0.29, 0.717) is 15.7 Å². The number of guanidine groups is 1. The fourth-order valence-electron chi connectivity index (χ4n) is 1.29. The fourth-order valence-corrected chi connectivity index (χ4v) is 1.81. The Labute approximate surface area is 122 Å². The van der Waals surface area contributed by atoms with Gasteiger partial charge in [0.1, 0.15) is 0 Å². The third kappa shape index (κ3) is 6.31. The van der Waals surface area contributed by atoms with E-state index in [1.807, 2.05) is 20.8 Å². The van der Waals surface area contributed by atoms with E-state index in [2.05, 4.69) is 16.0 Å². The van der Waals surface area contributed by atoms with Crippen LogP contribution in [0.15, 0.2) is 18.2 Å². The molecule has 0 aliphatic heterocycles. The second-order valence-electron chi connectivity index (χ2n) is 4.99. The van der Waals surface area contributed by atoms with Crippen LogP contribution in [0.3, 0.4) is 0 Å². The van der Waals surface area contributed by atoms with E-state index in [1.165, 1.54) is 0 Å². The summed E-state index contributed by atoms with van der Waals surface area (Å²) in [5, 5.41) is 16.2. The summed E-state index contributed by atoms with van der Waals surface area (Å²) in [7, 11) is 0. The number of rotatable bonds is 1. The topological polar surface area (TPSA) is 77.0 Å². The van der Waals surface area contributed by atoms with Crippen molar-refractivity contribution >= 4 is 40.9 Å². The van der Waals surface area contributed by atoms with Gasteiger partial charge in [-0.05, 0) is 39.0 Å². The molecule has 0 unspecified atom stereocenters. The van der Waals surface area contributed by atoms with Gasteiger partial charge in [-0.15, -0.1) is 0 Å². The molecule has 0 aromatic heterocycles. The molecule has 0 saturated heterocycles. The molecule has 0 aliphatic rings. The highest BCUT2D eigenvalue weighted by atomic mass is 35.5. The van der Waals surface area contributed by atoms with Gasteiger partial charge < -0.3 is 10.6 Å². The predicted octanol–water partition coefficient (Wildman–Crippen LogP) is 3.44. The van der Waals surface area contributed by atoms with E-state index in [1.54, 1.807) is 18.2 Å². The van der Waals surface area contributed by atoms with Gasteiger partial charge in [0.25, 0.3) is 0 Å².